The zero-order chi connectivity index (χ0) is 19.4. The second-order valence-corrected chi connectivity index (χ2v) is 6.21. The highest BCUT2D eigenvalue weighted by Crippen LogP contribution is 2.32. The van der Waals surface area contributed by atoms with Crippen LogP contribution in [0.2, 0.25) is 0 Å². The number of methoxy groups -OCH3 is 2. The van der Waals surface area contributed by atoms with Crippen molar-refractivity contribution in [3.05, 3.63) is 53.8 Å². The second-order valence-electron chi connectivity index (χ2n) is 6.21. The molecule has 1 saturated heterocycles. The molecule has 2 amide bonds. The molecule has 7 heteroatoms. The van der Waals surface area contributed by atoms with Gasteiger partial charge in [0.2, 0.25) is 11.8 Å². The van der Waals surface area contributed by atoms with Gasteiger partial charge in [-0.05, 0) is 12.5 Å². The molecule has 1 heterocycles. The average Bonchev–Trinajstić information content (AvgIpc) is 3.08. The van der Waals surface area contributed by atoms with Gasteiger partial charge in [-0.25, -0.2) is 4.39 Å². The number of benzene rings is 2. The van der Waals surface area contributed by atoms with Crippen LogP contribution in [0, 0.1) is 11.7 Å². The summed E-state index contributed by atoms with van der Waals surface area (Å²) in [7, 11) is 3.06. The van der Waals surface area contributed by atoms with E-state index in [0.717, 1.165) is 0 Å². The molecular formula is C20H21FN2O4. The van der Waals surface area contributed by atoms with Gasteiger partial charge in [0.15, 0.2) is 0 Å². The van der Waals surface area contributed by atoms with E-state index in [1.54, 1.807) is 41.3 Å². The van der Waals surface area contributed by atoms with E-state index in [2.05, 4.69) is 5.32 Å². The van der Waals surface area contributed by atoms with Crippen molar-refractivity contribution >= 4 is 17.5 Å². The first-order chi connectivity index (χ1) is 13.0. The number of hydrogen-bond acceptors (Lipinski definition) is 4. The molecular weight excluding hydrogens is 351 g/mol. The average molecular weight is 372 g/mol. The first-order valence-corrected chi connectivity index (χ1v) is 8.59. The van der Waals surface area contributed by atoms with Crippen molar-refractivity contribution in [2.45, 2.75) is 13.0 Å². The zero-order valence-corrected chi connectivity index (χ0v) is 15.2. The van der Waals surface area contributed by atoms with Gasteiger partial charge in [0.1, 0.15) is 23.2 Å². The lowest BCUT2D eigenvalue weighted by molar-refractivity contribution is -0.132. The molecule has 1 N–H and O–H groups in total. The Bertz CT molecular complexity index is 833. The van der Waals surface area contributed by atoms with Gasteiger partial charge in [0.25, 0.3) is 0 Å². The number of nitrogens with zero attached hydrogens (tertiary/aromatic N) is 1. The standard InChI is InChI=1S/C20H21FN2O4/c1-26-15-9-14(10-16(11-15)27-2)23-8-7-17(20(23)25)19(24)22-12-13-5-3-4-6-18(13)21/h3-6,9-11,17H,7-8,12H2,1-2H3,(H,22,24). The zero-order valence-electron chi connectivity index (χ0n) is 15.2. The van der Waals surface area contributed by atoms with Crippen LogP contribution in [-0.2, 0) is 16.1 Å². The monoisotopic (exact) mass is 372 g/mol. The Morgan fingerprint density at radius 2 is 1.85 bits per heavy atom. The Morgan fingerprint density at radius 3 is 2.48 bits per heavy atom. The summed E-state index contributed by atoms with van der Waals surface area (Å²) >= 11 is 0. The van der Waals surface area contributed by atoms with Crippen molar-refractivity contribution in [2.75, 3.05) is 25.7 Å². The van der Waals surface area contributed by atoms with Crippen molar-refractivity contribution < 1.29 is 23.5 Å². The lowest BCUT2D eigenvalue weighted by atomic mass is 10.1. The van der Waals surface area contributed by atoms with Crippen LogP contribution < -0.4 is 19.7 Å². The van der Waals surface area contributed by atoms with Crippen molar-refractivity contribution in [1.29, 1.82) is 0 Å². The van der Waals surface area contributed by atoms with Gasteiger partial charge in [-0.2, -0.15) is 0 Å². The van der Waals surface area contributed by atoms with Crippen molar-refractivity contribution in [1.82, 2.24) is 5.32 Å². The van der Waals surface area contributed by atoms with Crippen LogP contribution in [0.5, 0.6) is 11.5 Å². The highest BCUT2D eigenvalue weighted by molar-refractivity contribution is 6.09. The van der Waals surface area contributed by atoms with Crippen LogP contribution in [-0.4, -0.2) is 32.6 Å². The Hall–Kier alpha value is -3.09. The smallest absolute Gasteiger partial charge is 0.239 e. The number of nitrogens with one attached hydrogen (secondary N) is 1. The maximum Gasteiger partial charge on any atom is 0.239 e. The van der Waals surface area contributed by atoms with E-state index in [4.69, 9.17) is 9.47 Å². The summed E-state index contributed by atoms with van der Waals surface area (Å²) in [6, 6.07) is 11.4. The Kier molecular flexibility index (Phi) is 5.59. The summed E-state index contributed by atoms with van der Waals surface area (Å²) in [6.07, 6.45) is 0.390. The summed E-state index contributed by atoms with van der Waals surface area (Å²) in [5.41, 5.74) is 0.992. The molecule has 1 aliphatic heterocycles. The van der Waals surface area contributed by atoms with Crippen molar-refractivity contribution in [3.63, 3.8) is 0 Å². The normalized spacial score (nSPS) is 16.3. The summed E-state index contributed by atoms with van der Waals surface area (Å²) in [5, 5.41) is 2.65. The third-order valence-electron chi connectivity index (χ3n) is 4.58. The van der Waals surface area contributed by atoms with E-state index >= 15 is 0 Å². The first kappa shape index (κ1) is 18.7. The van der Waals surface area contributed by atoms with Crippen LogP contribution in [0.1, 0.15) is 12.0 Å². The quantitative estimate of drug-likeness (QED) is 0.792. The molecule has 1 fully saturated rings. The molecule has 2 aromatic carbocycles. The van der Waals surface area contributed by atoms with Crippen molar-refractivity contribution in [3.8, 4) is 11.5 Å². The second kappa shape index (κ2) is 8.07. The molecule has 6 nitrogen and oxygen atoms in total. The Labute approximate surface area is 156 Å². The number of halogens is 1. The fourth-order valence-electron chi connectivity index (χ4n) is 3.08. The molecule has 0 aliphatic carbocycles. The number of carbonyl (C=O) groups excluding carboxylic acids is 2. The largest absolute Gasteiger partial charge is 0.497 e. The molecule has 27 heavy (non-hydrogen) atoms. The highest BCUT2D eigenvalue weighted by Gasteiger charge is 2.37. The Balaban J connectivity index is 1.69. The van der Waals surface area contributed by atoms with E-state index in [-0.39, 0.29) is 18.3 Å². The molecule has 0 bridgehead atoms. The highest BCUT2D eigenvalue weighted by atomic mass is 19.1. The third-order valence-corrected chi connectivity index (χ3v) is 4.58. The van der Waals surface area contributed by atoms with Crippen LogP contribution in [0.15, 0.2) is 42.5 Å². The van der Waals surface area contributed by atoms with Crippen LogP contribution in [0.4, 0.5) is 10.1 Å². The van der Waals surface area contributed by atoms with Gasteiger partial charge in [-0.1, -0.05) is 18.2 Å². The molecule has 1 aliphatic rings. The van der Waals surface area contributed by atoms with E-state index in [9.17, 15) is 14.0 Å². The lowest BCUT2D eigenvalue weighted by Gasteiger charge is -2.18. The predicted octanol–water partition coefficient (Wildman–Crippen LogP) is 2.51. The first-order valence-electron chi connectivity index (χ1n) is 8.59. The van der Waals surface area contributed by atoms with Gasteiger partial charge >= 0.3 is 0 Å². The minimum absolute atomic E-state index is 0.0439. The third kappa shape index (κ3) is 4.02. The maximum atomic E-state index is 13.7. The fraction of sp³-hybridized carbons (Fsp3) is 0.300. The predicted molar refractivity (Wildman–Crippen MR) is 98.3 cm³/mol. The molecule has 0 aromatic heterocycles. The molecule has 0 radical (unpaired) electrons. The molecule has 2 aromatic rings. The number of carbonyl (C=O) groups is 2. The number of hydrogen-bond donors (Lipinski definition) is 1. The molecule has 0 saturated carbocycles. The van der Waals surface area contributed by atoms with Crippen LogP contribution >= 0.6 is 0 Å². The Morgan fingerprint density at radius 1 is 1.19 bits per heavy atom. The number of ether oxygens (including phenoxy) is 2. The van der Waals surface area contributed by atoms with Gasteiger partial charge in [-0.3, -0.25) is 9.59 Å². The van der Waals surface area contributed by atoms with Gasteiger partial charge < -0.3 is 19.7 Å². The van der Waals surface area contributed by atoms with Gasteiger partial charge in [0, 0.05) is 36.9 Å². The van der Waals surface area contributed by atoms with E-state index in [1.807, 2.05) is 0 Å². The summed E-state index contributed by atoms with van der Waals surface area (Å²) in [5.74, 6) is -0.763. The molecule has 1 unspecified atom stereocenters. The molecule has 142 valence electrons. The molecule has 0 spiro atoms. The maximum absolute atomic E-state index is 13.7. The summed E-state index contributed by atoms with van der Waals surface area (Å²) < 4.78 is 24.1. The SMILES string of the molecule is COc1cc(OC)cc(N2CCC(C(=O)NCc3ccccc3F)C2=O)c1. The number of anilines is 1. The number of amides is 2. The van der Waals surface area contributed by atoms with E-state index < -0.39 is 11.8 Å². The molecule has 1 atom stereocenters. The summed E-state index contributed by atoms with van der Waals surface area (Å²) in [6.45, 7) is 0.454. The van der Waals surface area contributed by atoms with E-state index in [1.165, 1.54) is 20.3 Å². The van der Waals surface area contributed by atoms with Crippen molar-refractivity contribution in [2.24, 2.45) is 5.92 Å². The van der Waals surface area contributed by atoms with Gasteiger partial charge in [-0.15, -0.1) is 0 Å². The number of rotatable bonds is 6. The lowest BCUT2D eigenvalue weighted by Crippen LogP contribution is -2.36. The minimum Gasteiger partial charge on any atom is -0.497 e. The fourth-order valence-corrected chi connectivity index (χ4v) is 3.08. The minimum atomic E-state index is -0.797. The topological polar surface area (TPSA) is 67.9 Å². The summed E-state index contributed by atoms with van der Waals surface area (Å²) in [4.78, 5) is 26.7. The van der Waals surface area contributed by atoms with E-state index in [0.29, 0.717) is 35.7 Å². The van der Waals surface area contributed by atoms with Gasteiger partial charge in [0.05, 0.1) is 19.9 Å². The van der Waals surface area contributed by atoms with Crippen LogP contribution in [0.25, 0.3) is 0 Å². The molecule has 3 rings (SSSR count). The van der Waals surface area contributed by atoms with Crippen LogP contribution in [0.3, 0.4) is 0 Å².